The SMILES string of the molecule is CCC1N=C(Nc2nc(-c3ccccc3OC)nc3ccccc23)N=C1C. The van der Waals surface area contributed by atoms with Crippen LogP contribution in [0.25, 0.3) is 22.3 Å². The Morgan fingerprint density at radius 2 is 1.81 bits per heavy atom. The molecule has 1 atom stereocenters. The number of hydrogen-bond acceptors (Lipinski definition) is 6. The molecule has 27 heavy (non-hydrogen) atoms. The molecule has 0 aliphatic carbocycles. The number of nitrogens with one attached hydrogen (secondary N) is 1. The van der Waals surface area contributed by atoms with E-state index in [9.17, 15) is 0 Å². The number of aromatic nitrogens is 2. The van der Waals surface area contributed by atoms with Crippen molar-refractivity contribution in [3.8, 4) is 17.1 Å². The second kappa shape index (κ2) is 7.15. The van der Waals surface area contributed by atoms with Crippen LogP contribution in [0.5, 0.6) is 5.75 Å². The van der Waals surface area contributed by atoms with Crippen molar-refractivity contribution in [2.75, 3.05) is 12.4 Å². The zero-order valence-corrected chi connectivity index (χ0v) is 15.6. The Morgan fingerprint density at radius 3 is 2.59 bits per heavy atom. The summed E-state index contributed by atoms with van der Waals surface area (Å²) in [6, 6.07) is 15.8. The van der Waals surface area contributed by atoms with E-state index in [0.29, 0.717) is 17.6 Å². The van der Waals surface area contributed by atoms with E-state index in [0.717, 1.165) is 34.3 Å². The maximum Gasteiger partial charge on any atom is 0.224 e. The smallest absolute Gasteiger partial charge is 0.224 e. The van der Waals surface area contributed by atoms with E-state index in [2.05, 4.69) is 22.2 Å². The number of aliphatic imine (C=N–C) groups is 2. The summed E-state index contributed by atoms with van der Waals surface area (Å²) in [5, 5.41) is 4.22. The molecule has 6 nitrogen and oxygen atoms in total. The fourth-order valence-electron chi connectivity index (χ4n) is 3.19. The molecule has 4 rings (SSSR count). The molecule has 2 heterocycles. The van der Waals surface area contributed by atoms with Crippen molar-refractivity contribution in [1.82, 2.24) is 9.97 Å². The molecule has 3 aromatic rings. The fourth-order valence-corrected chi connectivity index (χ4v) is 3.19. The van der Waals surface area contributed by atoms with Gasteiger partial charge in [0.2, 0.25) is 5.96 Å². The van der Waals surface area contributed by atoms with Crippen LogP contribution in [0.2, 0.25) is 0 Å². The van der Waals surface area contributed by atoms with Gasteiger partial charge in [-0.05, 0) is 37.6 Å². The summed E-state index contributed by atoms with van der Waals surface area (Å²) in [7, 11) is 1.65. The Labute approximate surface area is 158 Å². The van der Waals surface area contributed by atoms with Crippen molar-refractivity contribution in [3.05, 3.63) is 48.5 Å². The van der Waals surface area contributed by atoms with Crippen LogP contribution in [0.3, 0.4) is 0 Å². The molecule has 0 radical (unpaired) electrons. The van der Waals surface area contributed by atoms with E-state index >= 15 is 0 Å². The van der Waals surface area contributed by atoms with Crippen molar-refractivity contribution in [2.45, 2.75) is 26.3 Å². The summed E-state index contributed by atoms with van der Waals surface area (Å²) in [6.07, 6.45) is 0.928. The standard InChI is InChI=1S/C21H21N5O/c1-4-16-13(2)22-21(24-16)26-19-14-9-5-7-11-17(14)23-20(25-19)15-10-6-8-12-18(15)27-3/h5-12,16H,4H2,1-3H3,(H,23,24,25,26). The number of hydrogen-bond donors (Lipinski definition) is 1. The van der Waals surface area contributed by atoms with Gasteiger partial charge in [-0.2, -0.15) is 0 Å². The average Bonchev–Trinajstić information content (AvgIpc) is 3.07. The van der Waals surface area contributed by atoms with Crippen molar-refractivity contribution in [3.63, 3.8) is 0 Å². The average molecular weight is 359 g/mol. The number of methoxy groups -OCH3 is 1. The molecule has 136 valence electrons. The fraction of sp³-hybridized carbons (Fsp3) is 0.238. The third-order valence-corrected chi connectivity index (χ3v) is 4.61. The summed E-state index contributed by atoms with van der Waals surface area (Å²) in [5.74, 6) is 2.61. The van der Waals surface area contributed by atoms with Crippen molar-refractivity contribution >= 4 is 28.4 Å². The van der Waals surface area contributed by atoms with E-state index in [1.54, 1.807) is 7.11 Å². The largest absolute Gasteiger partial charge is 0.496 e. The highest BCUT2D eigenvalue weighted by molar-refractivity contribution is 6.11. The Hall–Kier alpha value is -3.28. The maximum absolute atomic E-state index is 5.48. The van der Waals surface area contributed by atoms with Gasteiger partial charge in [0.25, 0.3) is 0 Å². The normalized spacial score (nSPS) is 16.2. The molecule has 0 amide bonds. The lowest BCUT2D eigenvalue weighted by Gasteiger charge is -2.11. The minimum atomic E-state index is 0.134. The van der Waals surface area contributed by atoms with E-state index in [1.165, 1.54) is 0 Å². The van der Waals surface area contributed by atoms with Gasteiger partial charge in [0, 0.05) is 11.1 Å². The molecule has 1 aliphatic rings. The lowest BCUT2D eigenvalue weighted by atomic mass is 10.1. The highest BCUT2D eigenvalue weighted by Crippen LogP contribution is 2.30. The molecule has 0 fully saturated rings. The molecule has 0 bridgehead atoms. The van der Waals surface area contributed by atoms with Crippen LogP contribution >= 0.6 is 0 Å². The first-order valence-electron chi connectivity index (χ1n) is 8.99. The Kier molecular flexibility index (Phi) is 4.54. The number of guanidine groups is 1. The summed E-state index contributed by atoms with van der Waals surface area (Å²) in [6.45, 7) is 4.11. The van der Waals surface area contributed by atoms with E-state index in [-0.39, 0.29) is 6.04 Å². The van der Waals surface area contributed by atoms with Crippen LogP contribution in [0, 0.1) is 0 Å². The van der Waals surface area contributed by atoms with Crippen LogP contribution in [0.15, 0.2) is 58.5 Å². The predicted octanol–water partition coefficient (Wildman–Crippen LogP) is 4.33. The minimum absolute atomic E-state index is 0.134. The quantitative estimate of drug-likeness (QED) is 0.753. The molecule has 1 aromatic heterocycles. The number of para-hydroxylation sites is 2. The summed E-state index contributed by atoms with van der Waals surface area (Å²) >= 11 is 0. The van der Waals surface area contributed by atoms with Gasteiger partial charge in [-0.3, -0.25) is 0 Å². The molecule has 0 spiro atoms. The molecule has 1 N–H and O–H groups in total. The molecular weight excluding hydrogens is 338 g/mol. The molecule has 1 aliphatic heterocycles. The van der Waals surface area contributed by atoms with Crippen molar-refractivity contribution < 1.29 is 4.74 Å². The van der Waals surface area contributed by atoms with Crippen molar-refractivity contribution in [2.24, 2.45) is 9.98 Å². The summed E-state index contributed by atoms with van der Waals surface area (Å²) < 4.78 is 5.48. The number of fused-ring (bicyclic) bond motifs is 1. The van der Waals surface area contributed by atoms with Gasteiger partial charge in [-0.15, -0.1) is 0 Å². The van der Waals surface area contributed by atoms with Crippen LogP contribution in [0.1, 0.15) is 20.3 Å². The molecule has 6 heteroatoms. The first kappa shape index (κ1) is 17.1. The molecule has 0 saturated carbocycles. The summed E-state index contributed by atoms with van der Waals surface area (Å²) in [5.41, 5.74) is 2.71. The molecular formula is C21H21N5O. The first-order chi connectivity index (χ1) is 13.2. The highest BCUT2D eigenvalue weighted by atomic mass is 16.5. The van der Waals surface area contributed by atoms with E-state index < -0.39 is 0 Å². The van der Waals surface area contributed by atoms with Gasteiger partial charge >= 0.3 is 0 Å². The van der Waals surface area contributed by atoms with Gasteiger partial charge in [0.05, 0.1) is 24.2 Å². The van der Waals surface area contributed by atoms with Crippen molar-refractivity contribution in [1.29, 1.82) is 0 Å². The van der Waals surface area contributed by atoms with Gasteiger partial charge in [0.1, 0.15) is 11.6 Å². The number of anilines is 1. The number of rotatable bonds is 4. The predicted molar refractivity (Wildman–Crippen MR) is 110 cm³/mol. The maximum atomic E-state index is 5.48. The minimum Gasteiger partial charge on any atom is -0.496 e. The van der Waals surface area contributed by atoms with Crippen LogP contribution in [-0.4, -0.2) is 34.8 Å². The number of nitrogens with zero attached hydrogens (tertiary/aromatic N) is 4. The third kappa shape index (κ3) is 3.26. The van der Waals surface area contributed by atoms with Gasteiger partial charge < -0.3 is 10.1 Å². The molecule has 1 unspecified atom stereocenters. The first-order valence-corrected chi connectivity index (χ1v) is 8.99. The van der Waals surface area contributed by atoms with E-state index in [4.69, 9.17) is 14.7 Å². The van der Waals surface area contributed by atoms with Crippen LogP contribution in [0.4, 0.5) is 5.82 Å². The van der Waals surface area contributed by atoms with Gasteiger partial charge in [0.15, 0.2) is 5.82 Å². The van der Waals surface area contributed by atoms with Gasteiger partial charge in [-0.25, -0.2) is 20.0 Å². The topological polar surface area (TPSA) is 71.8 Å². The Bertz CT molecular complexity index is 1060. The zero-order valence-electron chi connectivity index (χ0n) is 15.6. The van der Waals surface area contributed by atoms with E-state index in [1.807, 2.05) is 55.5 Å². The lowest BCUT2D eigenvalue weighted by Crippen LogP contribution is -2.11. The number of ether oxygens (including phenoxy) is 1. The van der Waals surface area contributed by atoms with Gasteiger partial charge in [-0.1, -0.05) is 31.2 Å². The Balaban J connectivity index is 1.83. The zero-order chi connectivity index (χ0) is 18.8. The van der Waals surface area contributed by atoms with Crippen LogP contribution in [-0.2, 0) is 0 Å². The van der Waals surface area contributed by atoms with Crippen LogP contribution < -0.4 is 10.1 Å². The molecule has 0 saturated heterocycles. The highest BCUT2D eigenvalue weighted by Gasteiger charge is 2.19. The third-order valence-electron chi connectivity index (χ3n) is 4.61. The molecule has 2 aromatic carbocycles. The monoisotopic (exact) mass is 359 g/mol. The lowest BCUT2D eigenvalue weighted by molar-refractivity contribution is 0.416. The Morgan fingerprint density at radius 1 is 1.04 bits per heavy atom. The number of benzene rings is 2. The summed E-state index contributed by atoms with van der Waals surface area (Å²) in [4.78, 5) is 18.7. The second-order valence-electron chi connectivity index (χ2n) is 6.37. The second-order valence-corrected chi connectivity index (χ2v) is 6.37.